The van der Waals surface area contributed by atoms with Gasteiger partial charge < -0.3 is 5.43 Å². The number of hydrazine groups is 1. The van der Waals surface area contributed by atoms with Gasteiger partial charge in [-0.25, -0.2) is 19.0 Å². The molecular formula is C11H17N3O2S. The molecule has 1 aromatic carbocycles. The summed E-state index contributed by atoms with van der Waals surface area (Å²) in [7, 11) is -3.60. The van der Waals surface area contributed by atoms with Crippen molar-refractivity contribution in [1.82, 2.24) is 5.43 Å². The van der Waals surface area contributed by atoms with E-state index < -0.39 is 10.0 Å². The number of anilines is 1. The van der Waals surface area contributed by atoms with Gasteiger partial charge in [-0.15, -0.1) is 0 Å². The summed E-state index contributed by atoms with van der Waals surface area (Å²) in [4.78, 5) is 0.129. The summed E-state index contributed by atoms with van der Waals surface area (Å²) in [5, 5.41) is 5.02. The van der Waals surface area contributed by atoms with Crippen molar-refractivity contribution in [1.29, 1.82) is 0 Å². The fourth-order valence-electron chi connectivity index (χ4n) is 1.98. The number of nitrogens with one attached hydrogen (secondary N) is 2. The first-order valence-electron chi connectivity index (χ1n) is 5.70. The highest BCUT2D eigenvalue weighted by atomic mass is 32.2. The fourth-order valence-corrected chi connectivity index (χ4v) is 2.50. The number of benzene rings is 1. The van der Waals surface area contributed by atoms with Crippen LogP contribution in [0.5, 0.6) is 0 Å². The number of hydrogen-bond acceptors (Lipinski definition) is 4. The zero-order chi connectivity index (χ0) is 12.3. The lowest BCUT2D eigenvalue weighted by Gasteiger charge is -2.14. The largest absolute Gasteiger partial charge is 0.321 e. The summed E-state index contributed by atoms with van der Waals surface area (Å²) >= 11 is 0. The highest BCUT2D eigenvalue weighted by Gasteiger charge is 2.13. The van der Waals surface area contributed by atoms with Gasteiger partial charge in [-0.3, -0.25) is 0 Å². The molecular weight excluding hydrogens is 238 g/mol. The molecule has 0 atom stereocenters. The van der Waals surface area contributed by atoms with E-state index >= 15 is 0 Å². The lowest BCUT2D eigenvalue weighted by atomic mass is 10.3. The van der Waals surface area contributed by atoms with Crippen molar-refractivity contribution in [2.24, 2.45) is 5.14 Å². The average molecular weight is 255 g/mol. The van der Waals surface area contributed by atoms with Crippen LogP contribution in [0.1, 0.15) is 25.7 Å². The van der Waals surface area contributed by atoms with E-state index in [1.165, 1.54) is 37.8 Å². The lowest BCUT2D eigenvalue weighted by molar-refractivity contribution is 0.576. The van der Waals surface area contributed by atoms with Crippen LogP contribution >= 0.6 is 0 Å². The van der Waals surface area contributed by atoms with E-state index in [2.05, 4.69) is 10.9 Å². The van der Waals surface area contributed by atoms with Gasteiger partial charge in [0.05, 0.1) is 4.90 Å². The minimum Gasteiger partial charge on any atom is -0.321 e. The van der Waals surface area contributed by atoms with E-state index in [0.29, 0.717) is 6.04 Å². The molecule has 0 bridgehead atoms. The molecule has 6 heteroatoms. The standard InChI is InChI=1S/C11H17N3O2S/c12-17(15,16)11-7-5-10(6-8-11)14-13-9-3-1-2-4-9/h5-9,13-14H,1-4H2,(H2,12,15,16). The van der Waals surface area contributed by atoms with Crippen molar-refractivity contribution in [3.8, 4) is 0 Å². The highest BCUT2D eigenvalue weighted by molar-refractivity contribution is 7.89. The summed E-state index contributed by atoms with van der Waals surface area (Å²) in [6.45, 7) is 0. The molecule has 1 aliphatic rings. The van der Waals surface area contributed by atoms with Gasteiger partial charge in [0, 0.05) is 11.7 Å². The summed E-state index contributed by atoms with van der Waals surface area (Å²) in [5.74, 6) is 0. The van der Waals surface area contributed by atoms with Crippen molar-refractivity contribution in [3.63, 3.8) is 0 Å². The van der Waals surface area contributed by atoms with Crippen LogP contribution in [0.15, 0.2) is 29.2 Å². The summed E-state index contributed by atoms with van der Waals surface area (Å²) < 4.78 is 22.1. The molecule has 0 radical (unpaired) electrons. The van der Waals surface area contributed by atoms with Crippen molar-refractivity contribution < 1.29 is 8.42 Å². The van der Waals surface area contributed by atoms with Gasteiger partial charge in [-0.1, -0.05) is 12.8 Å². The molecule has 0 heterocycles. The van der Waals surface area contributed by atoms with Crippen LogP contribution in [-0.2, 0) is 10.0 Å². The number of primary sulfonamides is 1. The van der Waals surface area contributed by atoms with Crippen LogP contribution < -0.4 is 16.0 Å². The van der Waals surface area contributed by atoms with Gasteiger partial charge in [0.25, 0.3) is 0 Å². The Morgan fingerprint density at radius 2 is 1.71 bits per heavy atom. The molecule has 5 nitrogen and oxygen atoms in total. The Balaban J connectivity index is 1.94. The van der Waals surface area contributed by atoms with Crippen molar-refractivity contribution >= 4 is 15.7 Å². The molecule has 94 valence electrons. The fraction of sp³-hybridized carbons (Fsp3) is 0.455. The van der Waals surface area contributed by atoms with Gasteiger partial charge in [0.1, 0.15) is 0 Å². The smallest absolute Gasteiger partial charge is 0.238 e. The molecule has 2 rings (SSSR count). The van der Waals surface area contributed by atoms with Crippen molar-refractivity contribution in [2.45, 2.75) is 36.6 Å². The highest BCUT2D eigenvalue weighted by Crippen LogP contribution is 2.18. The van der Waals surface area contributed by atoms with Crippen LogP contribution in [0.2, 0.25) is 0 Å². The van der Waals surface area contributed by atoms with E-state index in [4.69, 9.17) is 5.14 Å². The Kier molecular flexibility index (Phi) is 3.66. The number of hydrogen-bond donors (Lipinski definition) is 3. The maximum absolute atomic E-state index is 11.1. The quantitative estimate of drug-likeness (QED) is 0.706. The van der Waals surface area contributed by atoms with E-state index in [1.807, 2.05) is 0 Å². The zero-order valence-corrected chi connectivity index (χ0v) is 10.3. The maximum Gasteiger partial charge on any atom is 0.238 e. The molecule has 17 heavy (non-hydrogen) atoms. The predicted octanol–water partition coefficient (Wildman–Crippen LogP) is 1.19. The van der Waals surface area contributed by atoms with Gasteiger partial charge in [-0.05, 0) is 37.1 Å². The van der Waals surface area contributed by atoms with Gasteiger partial charge in [0.2, 0.25) is 10.0 Å². The molecule has 1 saturated carbocycles. The van der Waals surface area contributed by atoms with E-state index in [9.17, 15) is 8.42 Å². The molecule has 0 amide bonds. The van der Waals surface area contributed by atoms with Crippen molar-refractivity contribution in [2.75, 3.05) is 5.43 Å². The topological polar surface area (TPSA) is 84.2 Å². The molecule has 0 saturated heterocycles. The monoisotopic (exact) mass is 255 g/mol. The maximum atomic E-state index is 11.1. The third kappa shape index (κ3) is 3.42. The first-order valence-corrected chi connectivity index (χ1v) is 7.25. The van der Waals surface area contributed by atoms with Crippen LogP contribution in [-0.4, -0.2) is 14.5 Å². The van der Waals surface area contributed by atoms with Gasteiger partial charge >= 0.3 is 0 Å². The molecule has 1 aliphatic carbocycles. The molecule has 0 aromatic heterocycles. The Hall–Kier alpha value is -1.11. The lowest BCUT2D eigenvalue weighted by Crippen LogP contribution is -2.31. The summed E-state index contributed by atoms with van der Waals surface area (Å²) in [6.07, 6.45) is 4.90. The molecule has 0 aliphatic heterocycles. The first-order chi connectivity index (χ1) is 8.05. The average Bonchev–Trinajstić information content (AvgIpc) is 2.78. The summed E-state index contributed by atoms with van der Waals surface area (Å²) in [6, 6.07) is 6.89. The SMILES string of the molecule is NS(=O)(=O)c1ccc(NNC2CCCC2)cc1. The number of rotatable bonds is 4. The molecule has 4 N–H and O–H groups in total. The van der Waals surface area contributed by atoms with Crippen LogP contribution in [0.3, 0.4) is 0 Å². The zero-order valence-electron chi connectivity index (χ0n) is 9.52. The van der Waals surface area contributed by atoms with Crippen LogP contribution in [0.25, 0.3) is 0 Å². The van der Waals surface area contributed by atoms with Crippen LogP contribution in [0, 0.1) is 0 Å². The molecule has 0 unspecified atom stereocenters. The molecule has 0 spiro atoms. The predicted molar refractivity (Wildman–Crippen MR) is 66.8 cm³/mol. The van der Waals surface area contributed by atoms with E-state index in [1.54, 1.807) is 12.1 Å². The van der Waals surface area contributed by atoms with E-state index in [0.717, 1.165) is 5.69 Å². The summed E-state index contributed by atoms with van der Waals surface area (Å²) in [5.41, 5.74) is 7.14. The second-order valence-corrected chi connectivity index (χ2v) is 5.88. The molecule has 1 fully saturated rings. The third-order valence-corrected chi connectivity index (χ3v) is 3.89. The van der Waals surface area contributed by atoms with E-state index in [-0.39, 0.29) is 4.90 Å². The Morgan fingerprint density at radius 3 is 2.24 bits per heavy atom. The van der Waals surface area contributed by atoms with Crippen LogP contribution in [0.4, 0.5) is 5.69 Å². The van der Waals surface area contributed by atoms with Gasteiger partial charge in [-0.2, -0.15) is 0 Å². The molecule has 1 aromatic rings. The minimum atomic E-state index is -3.60. The van der Waals surface area contributed by atoms with Crippen molar-refractivity contribution in [3.05, 3.63) is 24.3 Å². The Labute approximate surface area is 101 Å². The number of sulfonamides is 1. The van der Waals surface area contributed by atoms with Gasteiger partial charge in [0.15, 0.2) is 0 Å². The number of nitrogens with two attached hydrogens (primary N) is 1. The second kappa shape index (κ2) is 5.03. The first kappa shape index (κ1) is 12.3. The normalized spacial score (nSPS) is 17.2. The Bertz CT molecular complexity index is 464. The second-order valence-electron chi connectivity index (χ2n) is 4.32. The Morgan fingerprint density at radius 1 is 1.12 bits per heavy atom. The minimum absolute atomic E-state index is 0.129. The third-order valence-electron chi connectivity index (χ3n) is 2.96.